The van der Waals surface area contributed by atoms with Crippen LogP contribution in [-0.2, 0) is 42.1 Å². The van der Waals surface area contributed by atoms with Gasteiger partial charge in [0, 0.05) is 37.8 Å². The smallest absolute Gasteiger partial charge is 0.325 e. The summed E-state index contributed by atoms with van der Waals surface area (Å²) in [6, 6.07) is 28.2. The van der Waals surface area contributed by atoms with Crippen molar-refractivity contribution in [1.29, 1.82) is 0 Å². The molecule has 0 saturated carbocycles. The first-order chi connectivity index (χ1) is 31.0. The number of hydrogen-bond donors (Lipinski definition) is 0. The molecule has 0 N–H and O–H groups in total. The van der Waals surface area contributed by atoms with Crippen LogP contribution in [0.2, 0.25) is 10.0 Å². The number of halogens is 2. The minimum atomic E-state index is -4.11. The van der Waals surface area contributed by atoms with Crippen molar-refractivity contribution in [3.63, 3.8) is 0 Å². The number of piperidine rings is 3. The van der Waals surface area contributed by atoms with Gasteiger partial charge in [0.05, 0.1) is 35.6 Å². The molecule has 12 nitrogen and oxygen atoms in total. The van der Waals surface area contributed by atoms with E-state index in [1.165, 1.54) is 43.1 Å². The van der Waals surface area contributed by atoms with E-state index in [1.807, 2.05) is 54.6 Å². The van der Waals surface area contributed by atoms with E-state index in [-0.39, 0.29) is 55.3 Å². The van der Waals surface area contributed by atoms with Gasteiger partial charge in [0.15, 0.2) is 11.5 Å². The van der Waals surface area contributed by atoms with E-state index in [2.05, 4.69) is 9.88 Å². The number of aromatic nitrogens is 1. The molecule has 64 heavy (non-hydrogen) atoms. The van der Waals surface area contributed by atoms with Crippen LogP contribution in [0.15, 0.2) is 114 Å². The summed E-state index contributed by atoms with van der Waals surface area (Å²) in [6.45, 7) is 3.27. The lowest BCUT2D eigenvalue weighted by molar-refractivity contribution is -0.159. The number of carbonyl (C=O) groups is 2. The van der Waals surface area contributed by atoms with Crippen LogP contribution in [-0.4, -0.2) is 87.1 Å². The zero-order chi connectivity index (χ0) is 44.8. The molecule has 4 aliphatic heterocycles. The highest BCUT2D eigenvalue weighted by molar-refractivity contribution is 7.89. The fraction of sp³-hybridized carbons (Fsp3) is 0.367. The summed E-state index contributed by atoms with van der Waals surface area (Å²) < 4.78 is 58.9. The molecule has 0 spiro atoms. The molecular formula is C49H51Cl2N3O9S. The predicted molar refractivity (Wildman–Crippen MR) is 242 cm³/mol. The SMILES string of the molecule is COc1ccc([C@H](Cc2c(Cl)cncc2Cl)OC(=O)[C@@H]2CCCN2S(=O)(=O)c2ccc(COc3cccc([C@@H](CC(=O)O[C@H]4CN5CCC4CC5)c4ccccc4)c3)cc2)cc1OC. The molecule has 2 bridgehead atoms. The largest absolute Gasteiger partial charge is 0.493 e. The molecule has 4 aromatic carbocycles. The Morgan fingerprint density at radius 2 is 1.52 bits per heavy atom. The Bertz CT molecular complexity index is 2520. The third kappa shape index (κ3) is 10.3. The number of benzene rings is 4. The summed E-state index contributed by atoms with van der Waals surface area (Å²) in [6.07, 6.45) is 5.14. The van der Waals surface area contributed by atoms with Crippen LogP contribution in [0.3, 0.4) is 0 Å². The molecule has 9 rings (SSSR count). The normalized spacial score (nSPS) is 20.6. The van der Waals surface area contributed by atoms with Gasteiger partial charge in [-0.25, -0.2) is 8.42 Å². The van der Waals surface area contributed by atoms with Crippen LogP contribution in [0.4, 0.5) is 0 Å². The average molecular weight is 929 g/mol. The number of ether oxygens (including phenoxy) is 5. The fourth-order valence-electron chi connectivity index (χ4n) is 9.00. The molecule has 4 aliphatic rings. The maximum atomic E-state index is 14.1. The van der Waals surface area contributed by atoms with Crippen molar-refractivity contribution in [1.82, 2.24) is 14.2 Å². The number of methoxy groups -OCH3 is 2. The summed E-state index contributed by atoms with van der Waals surface area (Å²) in [4.78, 5) is 33.9. The monoisotopic (exact) mass is 927 g/mol. The van der Waals surface area contributed by atoms with Crippen molar-refractivity contribution in [2.24, 2.45) is 5.92 Å². The number of pyridine rings is 1. The van der Waals surface area contributed by atoms with E-state index in [1.54, 1.807) is 30.3 Å². The quantitative estimate of drug-likeness (QED) is 0.0829. The Labute approximate surface area is 384 Å². The van der Waals surface area contributed by atoms with E-state index >= 15 is 0 Å². The number of carbonyl (C=O) groups excluding carboxylic acids is 2. The maximum Gasteiger partial charge on any atom is 0.325 e. The Kier molecular flexibility index (Phi) is 14.4. The summed E-state index contributed by atoms with van der Waals surface area (Å²) in [7, 11) is -1.09. The highest BCUT2D eigenvalue weighted by Crippen LogP contribution is 2.38. The molecule has 0 unspecified atom stereocenters. The van der Waals surface area contributed by atoms with Crippen LogP contribution in [0, 0.1) is 5.92 Å². The van der Waals surface area contributed by atoms with E-state index < -0.39 is 28.1 Å². The maximum absolute atomic E-state index is 14.1. The van der Waals surface area contributed by atoms with E-state index in [0.717, 1.165) is 49.2 Å². The molecule has 1 aromatic heterocycles. The number of rotatable bonds is 17. The third-order valence-electron chi connectivity index (χ3n) is 12.5. The molecule has 4 fully saturated rings. The third-order valence-corrected chi connectivity index (χ3v) is 15.1. The summed E-state index contributed by atoms with van der Waals surface area (Å²) in [5, 5.41) is 0.596. The second kappa shape index (κ2) is 20.3. The second-order valence-electron chi connectivity index (χ2n) is 16.4. The molecule has 336 valence electrons. The van der Waals surface area contributed by atoms with Crippen LogP contribution in [0.5, 0.6) is 17.2 Å². The molecule has 0 radical (unpaired) electrons. The van der Waals surface area contributed by atoms with Gasteiger partial charge < -0.3 is 23.7 Å². The van der Waals surface area contributed by atoms with Crippen molar-refractivity contribution < 1.29 is 41.7 Å². The zero-order valence-corrected chi connectivity index (χ0v) is 38.1. The second-order valence-corrected chi connectivity index (χ2v) is 19.1. The van der Waals surface area contributed by atoms with E-state index in [0.29, 0.717) is 50.8 Å². The first-order valence-corrected chi connectivity index (χ1v) is 23.7. The van der Waals surface area contributed by atoms with E-state index in [9.17, 15) is 18.0 Å². The van der Waals surface area contributed by atoms with Gasteiger partial charge in [-0.15, -0.1) is 0 Å². The van der Waals surface area contributed by atoms with Crippen LogP contribution < -0.4 is 14.2 Å². The minimum Gasteiger partial charge on any atom is -0.493 e. The van der Waals surface area contributed by atoms with Gasteiger partial charge in [0.2, 0.25) is 10.0 Å². The van der Waals surface area contributed by atoms with Crippen LogP contribution in [0.1, 0.15) is 71.9 Å². The number of fused-ring (bicyclic) bond motifs is 3. The first-order valence-electron chi connectivity index (χ1n) is 21.5. The Balaban J connectivity index is 0.933. The number of esters is 2. The lowest BCUT2D eigenvalue weighted by Gasteiger charge is -2.44. The molecule has 0 aliphatic carbocycles. The highest BCUT2D eigenvalue weighted by atomic mass is 35.5. The van der Waals surface area contributed by atoms with Crippen molar-refractivity contribution >= 4 is 45.2 Å². The molecule has 0 amide bonds. The van der Waals surface area contributed by atoms with Crippen molar-refractivity contribution in [3.05, 3.63) is 147 Å². The lowest BCUT2D eigenvalue weighted by atomic mass is 9.85. The Morgan fingerprint density at radius 1 is 0.797 bits per heavy atom. The van der Waals surface area contributed by atoms with Crippen LogP contribution in [0.25, 0.3) is 0 Å². The minimum absolute atomic E-state index is 0.0422. The van der Waals surface area contributed by atoms with Gasteiger partial charge >= 0.3 is 11.9 Å². The zero-order valence-electron chi connectivity index (χ0n) is 35.7. The highest BCUT2D eigenvalue weighted by Gasteiger charge is 2.42. The van der Waals surface area contributed by atoms with Crippen LogP contribution >= 0.6 is 23.2 Å². The summed E-state index contributed by atoms with van der Waals surface area (Å²) >= 11 is 13.0. The van der Waals surface area contributed by atoms with Gasteiger partial charge in [-0.2, -0.15) is 4.31 Å². The molecule has 5 aromatic rings. The predicted octanol–water partition coefficient (Wildman–Crippen LogP) is 8.82. The molecule has 4 atom stereocenters. The molecular weight excluding hydrogens is 878 g/mol. The van der Waals surface area contributed by atoms with Gasteiger partial charge in [0.1, 0.15) is 30.6 Å². The lowest BCUT2D eigenvalue weighted by Crippen LogP contribution is -2.52. The van der Waals surface area contributed by atoms with Crippen molar-refractivity contribution in [2.45, 2.75) is 74.2 Å². The standard InChI is InChI=1S/C49H51Cl2N3O9S/c1-59-44-18-15-36(25-46(44)60-2)45(26-40-41(50)28-52-29-42(40)51)63-49(56)43-12-7-21-54(43)64(57,58)38-16-13-32(14-17-38)31-61-37-11-6-10-35(24-37)39(33-8-4-3-5-9-33)27-48(55)62-47-30-53-22-19-34(47)20-23-53/h3-6,8-11,13-18,24-25,28-29,34,39,43,45,47H,7,12,19-23,26-27,30-31H2,1-2H3/t39-,43-,45-,47-/m0/s1. The Hall–Kier alpha value is -5.18. The molecule has 15 heteroatoms. The first kappa shape index (κ1) is 45.4. The van der Waals surface area contributed by atoms with Gasteiger partial charge in [-0.3, -0.25) is 19.5 Å². The van der Waals surface area contributed by atoms with Gasteiger partial charge in [0.25, 0.3) is 0 Å². The van der Waals surface area contributed by atoms with Gasteiger partial charge in [-0.1, -0.05) is 83.9 Å². The van der Waals surface area contributed by atoms with Crippen molar-refractivity contribution in [3.8, 4) is 17.2 Å². The van der Waals surface area contributed by atoms with Crippen molar-refractivity contribution in [2.75, 3.05) is 40.4 Å². The molecule has 4 saturated heterocycles. The number of hydrogen-bond acceptors (Lipinski definition) is 11. The average Bonchev–Trinajstić information content (AvgIpc) is 3.83. The summed E-state index contributed by atoms with van der Waals surface area (Å²) in [5.41, 5.74) is 3.77. The number of nitrogens with zero attached hydrogens (tertiary/aromatic N) is 3. The number of sulfonamides is 1. The molecule has 5 heterocycles. The van der Waals surface area contributed by atoms with E-state index in [4.69, 9.17) is 46.9 Å². The Morgan fingerprint density at radius 3 is 2.20 bits per heavy atom. The topological polar surface area (TPSA) is 134 Å². The fourth-order valence-corrected chi connectivity index (χ4v) is 11.2. The van der Waals surface area contributed by atoms with Gasteiger partial charge in [-0.05, 0) is 109 Å². The summed E-state index contributed by atoms with van der Waals surface area (Å²) in [5.74, 6) is 0.806.